The van der Waals surface area contributed by atoms with Crippen molar-refractivity contribution in [2.45, 2.75) is 76.4 Å². The Morgan fingerprint density at radius 1 is 1.19 bits per heavy atom. The zero-order valence-corrected chi connectivity index (χ0v) is 18.5. The van der Waals surface area contributed by atoms with E-state index in [-0.39, 0.29) is 17.4 Å². The molecule has 6 aliphatic rings. The maximum atomic E-state index is 13.8. The van der Waals surface area contributed by atoms with Crippen molar-refractivity contribution in [3.05, 3.63) is 11.8 Å². The SMILES string of the molecule is CC(C)N1CCC(Nc2ncc3c(n2)N(C24CC(C2)C4)C(=O)[C@]2(CCNC2=O)C3)CC1. The highest BCUT2D eigenvalue weighted by Crippen LogP contribution is 2.63. The van der Waals surface area contributed by atoms with Crippen molar-refractivity contribution >= 4 is 23.6 Å². The van der Waals surface area contributed by atoms with Crippen LogP contribution >= 0.6 is 0 Å². The minimum absolute atomic E-state index is 0.0389. The minimum Gasteiger partial charge on any atom is -0.355 e. The largest absolute Gasteiger partial charge is 0.355 e. The normalized spacial score (nSPS) is 35.1. The molecule has 7 rings (SSSR count). The quantitative estimate of drug-likeness (QED) is 0.715. The molecule has 2 bridgehead atoms. The van der Waals surface area contributed by atoms with Crippen molar-refractivity contribution < 1.29 is 9.59 Å². The van der Waals surface area contributed by atoms with E-state index in [1.807, 2.05) is 11.1 Å². The highest BCUT2D eigenvalue weighted by Gasteiger charge is 2.67. The molecule has 2 saturated heterocycles. The van der Waals surface area contributed by atoms with E-state index < -0.39 is 5.41 Å². The highest BCUT2D eigenvalue weighted by molar-refractivity contribution is 6.15. The Balaban J connectivity index is 1.29. The van der Waals surface area contributed by atoms with Gasteiger partial charge in [0.05, 0.1) is 5.54 Å². The third-order valence-corrected chi connectivity index (χ3v) is 8.50. The summed E-state index contributed by atoms with van der Waals surface area (Å²) in [4.78, 5) is 40.4. The average molecular weight is 425 g/mol. The Hall–Kier alpha value is -2.22. The summed E-state index contributed by atoms with van der Waals surface area (Å²) in [7, 11) is 0. The molecule has 2 amide bonds. The van der Waals surface area contributed by atoms with E-state index in [0.717, 1.165) is 62.5 Å². The lowest BCUT2D eigenvalue weighted by atomic mass is 9.48. The summed E-state index contributed by atoms with van der Waals surface area (Å²) in [5.41, 5.74) is -0.160. The summed E-state index contributed by atoms with van der Waals surface area (Å²) in [6, 6.07) is 0.927. The molecule has 31 heavy (non-hydrogen) atoms. The second kappa shape index (κ2) is 6.64. The predicted molar refractivity (Wildman–Crippen MR) is 117 cm³/mol. The first kappa shape index (κ1) is 19.5. The number of piperidine rings is 1. The number of fused-ring (bicyclic) bond motifs is 1. The number of carbonyl (C=O) groups is 2. The van der Waals surface area contributed by atoms with Gasteiger partial charge in [0, 0.05) is 49.9 Å². The van der Waals surface area contributed by atoms with Gasteiger partial charge in [0.1, 0.15) is 11.2 Å². The van der Waals surface area contributed by atoms with Crippen LogP contribution in [0.5, 0.6) is 0 Å². The number of rotatable bonds is 4. The fourth-order valence-electron chi connectivity index (χ4n) is 6.43. The van der Waals surface area contributed by atoms with Crippen LogP contribution in [-0.2, 0) is 16.0 Å². The lowest BCUT2D eigenvalue weighted by Crippen LogP contribution is -2.73. The van der Waals surface area contributed by atoms with Gasteiger partial charge in [-0.2, -0.15) is 4.98 Å². The van der Waals surface area contributed by atoms with Crippen molar-refractivity contribution in [2.24, 2.45) is 11.3 Å². The van der Waals surface area contributed by atoms with Crippen LogP contribution in [-0.4, -0.2) is 63.9 Å². The van der Waals surface area contributed by atoms with Gasteiger partial charge in [-0.1, -0.05) is 0 Å². The van der Waals surface area contributed by atoms with Gasteiger partial charge in [0.25, 0.3) is 0 Å². The number of amides is 2. The molecule has 1 aromatic heterocycles. The van der Waals surface area contributed by atoms with Gasteiger partial charge in [-0.3, -0.25) is 14.5 Å². The molecular formula is C23H32N6O2. The van der Waals surface area contributed by atoms with E-state index in [1.165, 1.54) is 0 Å². The second-order valence-electron chi connectivity index (χ2n) is 10.7. The minimum atomic E-state index is -0.968. The first-order valence-corrected chi connectivity index (χ1v) is 11.9. The van der Waals surface area contributed by atoms with Crippen molar-refractivity contribution in [2.75, 3.05) is 29.9 Å². The standard InChI is InChI=1S/C23H32N6O2/c1-14(2)28-7-3-17(4-8-28)26-21-25-13-16-12-23(5-6-24-19(23)30)20(31)29(18(16)27-21)22-9-15(10-22)11-22/h13-15,17H,3-12H2,1-2H3,(H,24,30)(H,25,26,27)/t15?,22?,23-/m1/s1. The molecule has 0 radical (unpaired) electrons. The first-order valence-electron chi connectivity index (χ1n) is 11.9. The third-order valence-electron chi connectivity index (χ3n) is 8.50. The van der Waals surface area contributed by atoms with Crippen LogP contribution in [0.3, 0.4) is 0 Å². The molecule has 3 aliphatic heterocycles. The van der Waals surface area contributed by atoms with Gasteiger partial charge < -0.3 is 15.5 Å². The van der Waals surface area contributed by atoms with E-state index >= 15 is 0 Å². The summed E-state index contributed by atoms with van der Waals surface area (Å²) in [6.07, 6.45) is 8.08. The number of aromatic nitrogens is 2. The maximum Gasteiger partial charge on any atom is 0.244 e. The number of nitrogens with one attached hydrogen (secondary N) is 2. The van der Waals surface area contributed by atoms with Crippen LogP contribution in [0.15, 0.2) is 6.20 Å². The van der Waals surface area contributed by atoms with Crippen molar-refractivity contribution in [3.63, 3.8) is 0 Å². The lowest BCUT2D eigenvalue weighted by Gasteiger charge is -2.67. The Morgan fingerprint density at radius 3 is 2.52 bits per heavy atom. The summed E-state index contributed by atoms with van der Waals surface area (Å²) in [6.45, 7) is 7.21. The molecule has 5 fully saturated rings. The summed E-state index contributed by atoms with van der Waals surface area (Å²) in [5.74, 6) is 1.92. The van der Waals surface area contributed by atoms with Gasteiger partial charge in [-0.15, -0.1) is 0 Å². The number of hydrogen-bond acceptors (Lipinski definition) is 6. The summed E-state index contributed by atoms with van der Waals surface area (Å²) < 4.78 is 0. The Morgan fingerprint density at radius 2 is 1.94 bits per heavy atom. The molecule has 166 valence electrons. The lowest BCUT2D eigenvalue weighted by molar-refractivity contribution is -0.144. The smallest absolute Gasteiger partial charge is 0.244 e. The van der Waals surface area contributed by atoms with Gasteiger partial charge in [-0.25, -0.2) is 4.98 Å². The molecule has 4 heterocycles. The first-order chi connectivity index (χ1) is 14.9. The van der Waals surface area contributed by atoms with E-state index in [0.29, 0.717) is 37.4 Å². The molecule has 1 aromatic rings. The molecule has 0 unspecified atom stereocenters. The second-order valence-corrected chi connectivity index (χ2v) is 10.7. The van der Waals surface area contributed by atoms with Crippen LogP contribution in [0, 0.1) is 11.3 Å². The van der Waals surface area contributed by atoms with Crippen molar-refractivity contribution in [1.29, 1.82) is 0 Å². The predicted octanol–water partition coefficient (Wildman–Crippen LogP) is 1.71. The van der Waals surface area contributed by atoms with E-state index in [4.69, 9.17) is 4.98 Å². The van der Waals surface area contributed by atoms with Crippen LogP contribution in [0.4, 0.5) is 11.8 Å². The molecule has 1 spiro atoms. The topological polar surface area (TPSA) is 90.5 Å². The van der Waals surface area contributed by atoms with Gasteiger partial charge in [0.2, 0.25) is 17.8 Å². The number of carbonyl (C=O) groups excluding carboxylic acids is 2. The Labute approximate surface area is 183 Å². The van der Waals surface area contributed by atoms with Gasteiger partial charge in [-0.05, 0) is 58.3 Å². The van der Waals surface area contributed by atoms with Gasteiger partial charge in [0.15, 0.2) is 0 Å². The van der Waals surface area contributed by atoms with Crippen molar-refractivity contribution in [3.8, 4) is 0 Å². The number of nitrogens with zero attached hydrogens (tertiary/aromatic N) is 4. The maximum absolute atomic E-state index is 13.8. The molecule has 0 aromatic carbocycles. The zero-order valence-electron chi connectivity index (χ0n) is 18.5. The molecule has 3 saturated carbocycles. The molecule has 1 atom stereocenters. The van der Waals surface area contributed by atoms with Gasteiger partial charge >= 0.3 is 0 Å². The van der Waals surface area contributed by atoms with E-state index in [2.05, 4.69) is 34.4 Å². The monoisotopic (exact) mass is 424 g/mol. The third kappa shape index (κ3) is 2.76. The zero-order chi connectivity index (χ0) is 21.4. The van der Waals surface area contributed by atoms with E-state index in [9.17, 15) is 9.59 Å². The Bertz CT molecular complexity index is 923. The number of anilines is 2. The average Bonchev–Trinajstić information content (AvgIpc) is 3.05. The van der Waals surface area contributed by atoms with Crippen LogP contribution in [0.1, 0.15) is 57.9 Å². The molecule has 8 heteroatoms. The molecule has 8 nitrogen and oxygen atoms in total. The van der Waals surface area contributed by atoms with E-state index in [1.54, 1.807) is 0 Å². The Kier molecular flexibility index (Phi) is 4.17. The fourth-order valence-corrected chi connectivity index (χ4v) is 6.43. The van der Waals surface area contributed by atoms with Crippen LogP contribution in [0.25, 0.3) is 0 Å². The molecular weight excluding hydrogens is 392 g/mol. The fraction of sp³-hybridized carbons (Fsp3) is 0.739. The summed E-state index contributed by atoms with van der Waals surface area (Å²) >= 11 is 0. The van der Waals surface area contributed by atoms with Crippen LogP contribution < -0.4 is 15.5 Å². The number of likely N-dealkylation sites (tertiary alicyclic amines) is 1. The molecule has 2 N–H and O–H groups in total. The molecule has 3 aliphatic carbocycles. The van der Waals surface area contributed by atoms with Crippen LogP contribution in [0.2, 0.25) is 0 Å². The summed E-state index contributed by atoms with van der Waals surface area (Å²) in [5, 5.41) is 6.43. The van der Waals surface area contributed by atoms with Crippen molar-refractivity contribution in [1.82, 2.24) is 20.2 Å². The highest BCUT2D eigenvalue weighted by atomic mass is 16.2. The number of hydrogen-bond donors (Lipinski definition) is 2.